The van der Waals surface area contributed by atoms with Gasteiger partial charge in [0.1, 0.15) is 6.61 Å². The van der Waals surface area contributed by atoms with Crippen molar-refractivity contribution >= 4 is 73.1 Å². The molecular weight excluding hydrogens is 687 g/mol. The second-order valence-electron chi connectivity index (χ2n) is 9.79. The van der Waals surface area contributed by atoms with E-state index in [1.165, 1.54) is 18.2 Å². The normalized spacial score (nSPS) is 21.5. The summed E-state index contributed by atoms with van der Waals surface area (Å²) in [6.45, 7) is 2.69. The third kappa shape index (κ3) is 6.72. The van der Waals surface area contributed by atoms with Crippen molar-refractivity contribution < 1.29 is 14.3 Å². The van der Waals surface area contributed by atoms with Gasteiger partial charge in [-0.05, 0) is 107 Å². The molecule has 0 bridgehead atoms. The van der Waals surface area contributed by atoms with Gasteiger partial charge in [0, 0.05) is 10.5 Å². The van der Waals surface area contributed by atoms with Crippen LogP contribution in [0.5, 0.6) is 11.5 Å². The number of para-hydroxylation sites is 1. The molecule has 1 saturated carbocycles. The van der Waals surface area contributed by atoms with Crippen molar-refractivity contribution in [1.82, 2.24) is 4.90 Å². The van der Waals surface area contributed by atoms with Gasteiger partial charge in [0.15, 0.2) is 16.7 Å². The summed E-state index contributed by atoms with van der Waals surface area (Å²) in [7, 11) is 1.64. The number of ether oxygens (including phenoxy) is 2. The highest BCUT2D eigenvalue weighted by atomic mass is 127. The fourth-order valence-electron chi connectivity index (χ4n) is 5.00. The first-order valence-electron chi connectivity index (χ1n) is 13.0. The fourth-order valence-corrected chi connectivity index (χ4v) is 7.09. The van der Waals surface area contributed by atoms with Crippen molar-refractivity contribution in [3.05, 3.63) is 90.8 Å². The lowest BCUT2D eigenvalue weighted by molar-refractivity contribution is -0.124. The zero-order chi connectivity index (χ0) is 27.4. The minimum atomic E-state index is 0.0259. The molecule has 3 aromatic carbocycles. The molecule has 2 atom stereocenters. The number of rotatable bonds is 7. The van der Waals surface area contributed by atoms with E-state index in [4.69, 9.17) is 14.5 Å². The number of hydrogen-bond acceptors (Lipinski definition) is 5. The minimum absolute atomic E-state index is 0.0259. The van der Waals surface area contributed by atoms with E-state index in [2.05, 4.69) is 45.4 Å². The maximum absolute atomic E-state index is 13.8. The number of nitrogens with zero attached hydrogens (tertiary/aromatic N) is 2. The number of methoxy groups -OCH3 is 1. The highest BCUT2D eigenvalue weighted by molar-refractivity contribution is 14.1. The molecule has 1 amide bonds. The molecule has 0 N–H and O–H groups in total. The van der Waals surface area contributed by atoms with Crippen LogP contribution in [0.15, 0.2) is 81.1 Å². The van der Waals surface area contributed by atoms with Gasteiger partial charge in [-0.1, -0.05) is 66.0 Å². The maximum atomic E-state index is 13.8. The molecule has 202 valence electrons. The van der Waals surface area contributed by atoms with Gasteiger partial charge in [0.05, 0.1) is 21.3 Å². The molecule has 0 aromatic heterocycles. The van der Waals surface area contributed by atoms with E-state index in [0.717, 1.165) is 49.3 Å². The van der Waals surface area contributed by atoms with Crippen LogP contribution in [-0.2, 0) is 11.4 Å². The van der Waals surface area contributed by atoms with Gasteiger partial charge < -0.3 is 9.47 Å². The van der Waals surface area contributed by atoms with Crippen LogP contribution in [0.25, 0.3) is 6.08 Å². The summed E-state index contributed by atoms with van der Waals surface area (Å²) in [6, 6.07) is 22.0. The van der Waals surface area contributed by atoms with Crippen molar-refractivity contribution in [2.45, 2.75) is 45.3 Å². The largest absolute Gasteiger partial charge is 0.493 e. The van der Waals surface area contributed by atoms with Gasteiger partial charge in [0.2, 0.25) is 0 Å². The standard InChI is InChI=1S/C31H30BrIN2O3S/c1-20-8-6-7-11-26(20)35-30(36)28(39-31(35)34-24-9-4-3-5-10-24)18-22-16-25(33)29(27(17-22)37-2)38-19-21-12-14-23(32)15-13-21/h3-5,9-10,12-18,20,26H,6-8,11,19H2,1-2H3/b28-18-,34-31?/t20-,26+/m1/s1. The molecule has 5 rings (SSSR count). The Morgan fingerprint density at radius 2 is 1.85 bits per heavy atom. The quantitative estimate of drug-likeness (QED) is 0.181. The number of carbonyl (C=O) groups excluding carboxylic acids is 1. The lowest BCUT2D eigenvalue weighted by Crippen LogP contribution is -2.44. The van der Waals surface area contributed by atoms with Crippen molar-refractivity contribution in [2.75, 3.05) is 7.11 Å². The predicted molar refractivity (Wildman–Crippen MR) is 172 cm³/mol. The van der Waals surface area contributed by atoms with Gasteiger partial charge in [-0.15, -0.1) is 0 Å². The molecule has 1 aliphatic carbocycles. The van der Waals surface area contributed by atoms with E-state index in [1.807, 2.05) is 77.7 Å². The average Bonchev–Trinajstić information content (AvgIpc) is 3.23. The average molecular weight is 717 g/mol. The zero-order valence-electron chi connectivity index (χ0n) is 21.9. The first-order chi connectivity index (χ1) is 18.9. The topological polar surface area (TPSA) is 51.1 Å². The van der Waals surface area contributed by atoms with Crippen LogP contribution in [0.2, 0.25) is 0 Å². The third-order valence-electron chi connectivity index (χ3n) is 7.06. The van der Waals surface area contributed by atoms with Crippen molar-refractivity contribution in [3.63, 3.8) is 0 Å². The SMILES string of the molecule is COc1cc(/C=C2\SC(=Nc3ccccc3)N([C@H]3CCCC[C@H]3C)C2=O)cc(I)c1OCc1ccc(Br)cc1. The smallest absolute Gasteiger partial charge is 0.267 e. The first-order valence-corrected chi connectivity index (χ1v) is 15.7. The molecule has 3 aromatic rings. The Hall–Kier alpha value is -2.30. The second kappa shape index (κ2) is 12.9. The molecule has 0 unspecified atom stereocenters. The van der Waals surface area contributed by atoms with E-state index >= 15 is 0 Å². The maximum Gasteiger partial charge on any atom is 0.267 e. The number of benzene rings is 3. The monoisotopic (exact) mass is 716 g/mol. The van der Waals surface area contributed by atoms with E-state index in [-0.39, 0.29) is 11.9 Å². The van der Waals surface area contributed by atoms with E-state index in [1.54, 1.807) is 7.11 Å². The number of halogens is 2. The lowest BCUT2D eigenvalue weighted by atomic mass is 9.85. The molecular formula is C31H30BrIN2O3S. The Bertz CT molecular complexity index is 1390. The van der Waals surface area contributed by atoms with Gasteiger partial charge in [0.25, 0.3) is 5.91 Å². The van der Waals surface area contributed by atoms with Crippen LogP contribution in [0.3, 0.4) is 0 Å². The molecule has 0 radical (unpaired) electrons. The molecule has 1 heterocycles. The number of amides is 1. The van der Waals surface area contributed by atoms with E-state index in [9.17, 15) is 4.79 Å². The van der Waals surface area contributed by atoms with Crippen LogP contribution in [0.1, 0.15) is 43.7 Å². The van der Waals surface area contributed by atoms with Crippen LogP contribution in [0.4, 0.5) is 5.69 Å². The molecule has 1 aliphatic heterocycles. The molecule has 39 heavy (non-hydrogen) atoms. The number of aliphatic imine (C=N–C) groups is 1. The first kappa shape index (κ1) is 28.2. The summed E-state index contributed by atoms with van der Waals surface area (Å²) in [5.41, 5.74) is 2.81. The Balaban J connectivity index is 1.44. The second-order valence-corrected chi connectivity index (χ2v) is 12.9. The number of thioether (sulfide) groups is 1. The Labute approximate surface area is 256 Å². The molecule has 5 nitrogen and oxygen atoms in total. The van der Waals surface area contributed by atoms with Gasteiger partial charge in [-0.2, -0.15) is 0 Å². The summed E-state index contributed by atoms with van der Waals surface area (Å²) in [5.74, 6) is 1.79. The highest BCUT2D eigenvalue weighted by Crippen LogP contribution is 2.41. The van der Waals surface area contributed by atoms with Crippen LogP contribution in [0, 0.1) is 9.49 Å². The molecule has 2 fully saturated rings. The van der Waals surface area contributed by atoms with Crippen molar-refractivity contribution in [1.29, 1.82) is 0 Å². The Morgan fingerprint density at radius 1 is 1.10 bits per heavy atom. The van der Waals surface area contributed by atoms with Gasteiger partial charge in [-0.25, -0.2) is 4.99 Å². The Kier molecular flexibility index (Phi) is 9.35. The van der Waals surface area contributed by atoms with E-state index < -0.39 is 0 Å². The predicted octanol–water partition coefficient (Wildman–Crippen LogP) is 8.82. The van der Waals surface area contributed by atoms with Gasteiger partial charge in [-0.3, -0.25) is 9.69 Å². The minimum Gasteiger partial charge on any atom is -0.493 e. The van der Waals surface area contributed by atoms with E-state index in [0.29, 0.717) is 28.9 Å². The summed E-state index contributed by atoms with van der Waals surface area (Å²) >= 11 is 7.19. The molecule has 1 saturated heterocycles. The summed E-state index contributed by atoms with van der Waals surface area (Å²) in [6.07, 6.45) is 6.44. The van der Waals surface area contributed by atoms with Crippen LogP contribution < -0.4 is 9.47 Å². The summed E-state index contributed by atoms with van der Waals surface area (Å²) in [4.78, 5) is 21.4. The van der Waals surface area contributed by atoms with Crippen LogP contribution in [-0.4, -0.2) is 29.1 Å². The lowest BCUT2D eigenvalue weighted by Gasteiger charge is -2.35. The molecule has 0 spiro atoms. The number of hydrogen-bond donors (Lipinski definition) is 0. The zero-order valence-corrected chi connectivity index (χ0v) is 26.5. The fraction of sp³-hybridized carbons (Fsp3) is 0.290. The number of carbonyl (C=O) groups is 1. The molecule has 2 aliphatic rings. The summed E-state index contributed by atoms with van der Waals surface area (Å²) < 4.78 is 13.8. The van der Waals surface area contributed by atoms with Crippen LogP contribution >= 0.6 is 50.3 Å². The van der Waals surface area contributed by atoms with Crippen molar-refractivity contribution in [3.8, 4) is 11.5 Å². The Morgan fingerprint density at radius 3 is 2.56 bits per heavy atom. The number of amidine groups is 1. The van der Waals surface area contributed by atoms with Gasteiger partial charge >= 0.3 is 0 Å². The summed E-state index contributed by atoms with van der Waals surface area (Å²) in [5, 5.41) is 0.757. The van der Waals surface area contributed by atoms with Crippen molar-refractivity contribution in [2.24, 2.45) is 10.9 Å². The third-order valence-corrected chi connectivity index (χ3v) is 9.37. The highest BCUT2D eigenvalue weighted by Gasteiger charge is 2.41. The molecule has 8 heteroatoms.